The second kappa shape index (κ2) is 7.96. The highest BCUT2D eigenvalue weighted by molar-refractivity contribution is 5.96. The molecule has 0 unspecified atom stereocenters. The van der Waals surface area contributed by atoms with E-state index in [4.69, 9.17) is 4.42 Å². The maximum Gasteiger partial charge on any atom is 0.289 e. The van der Waals surface area contributed by atoms with Crippen LogP contribution in [0.3, 0.4) is 0 Å². The lowest BCUT2D eigenvalue weighted by Gasteiger charge is -2.37. The first kappa shape index (κ1) is 19.2. The van der Waals surface area contributed by atoms with Crippen molar-refractivity contribution in [1.29, 1.82) is 0 Å². The summed E-state index contributed by atoms with van der Waals surface area (Å²) < 4.78 is 5.19. The number of rotatable bonds is 4. The van der Waals surface area contributed by atoms with E-state index in [-0.39, 0.29) is 17.9 Å². The molecular formula is C21H27N3O3. The van der Waals surface area contributed by atoms with E-state index in [0.717, 1.165) is 16.8 Å². The number of carbonyl (C=O) groups excluding carboxylic acids is 2. The van der Waals surface area contributed by atoms with Gasteiger partial charge in [-0.15, -0.1) is 0 Å². The fourth-order valence-electron chi connectivity index (χ4n) is 3.64. The van der Waals surface area contributed by atoms with Gasteiger partial charge in [0.2, 0.25) is 5.91 Å². The van der Waals surface area contributed by atoms with Gasteiger partial charge in [0.25, 0.3) is 5.91 Å². The molecule has 2 heterocycles. The van der Waals surface area contributed by atoms with E-state index < -0.39 is 0 Å². The summed E-state index contributed by atoms with van der Waals surface area (Å²) >= 11 is 0. The normalized spacial score (nSPS) is 16.2. The smallest absolute Gasteiger partial charge is 0.289 e. The van der Waals surface area contributed by atoms with Crippen LogP contribution in [-0.4, -0.2) is 53.8 Å². The van der Waals surface area contributed by atoms with E-state index in [9.17, 15) is 9.59 Å². The lowest BCUT2D eigenvalue weighted by atomic mass is 10.0. The molecule has 1 atom stereocenters. The van der Waals surface area contributed by atoms with Crippen LogP contribution in [-0.2, 0) is 4.79 Å². The zero-order valence-electron chi connectivity index (χ0n) is 16.4. The minimum Gasteiger partial charge on any atom is -0.459 e. The molecular weight excluding hydrogens is 342 g/mol. The highest BCUT2D eigenvalue weighted by Gasteiger charge is 2.29. The van der Waals surface area contributed by atoms with Crippen LogP contribution in [0.15, 0.2) is 34.9 Å². The van der Waals surface area contributed by atoms with Gasteiger partial charge in [-0.2, -0.15) is 0 Å². The molecule has 0 radical (unpaired) electrons. The van der Waals surface area contributed by atoms with Gasteiger partial charge in [0.1, 0.15) is 0 Å². The first-order valence-corrected chi connectivity index (χ1v) is 9.32. The zero-order valence-corrected chi connectivity index (χ0v) is 16.4. The van der Waals surface area contributed by atoms with Crippen molar-refractivity contribution in [2.24, 2.45) is 0 Å². The van der Waals surface area contributed by atoms with Crippen LogP contribution in [0.2, 0.25) is 0 Å². The Kier molecular flexibility index (Phi) is 5.65. The Morgan fingerprint density at radius 2 is 1.70 bits per heavy atom. The molecule has 2 amide bonds. The molecule has 6 heteroatoms. The van der Waals surface area contributed by atoms with Crippen LogP contribution in [0, 0.1) is 20.8 Å². The van der Waals surface area contributed by atoms with Crippen molar-refractivity contribution in [1.82, 2.24) is 9.80 Å². The molecule has 1 aromatic carbocycles. The number of carbonyl (C=O) groups is 2. The molecule has 6 nitrogen and oxygen atoms in total. The standard InChI is InChI=1S/C21H27N3O3/c1-14-12-15(2)19(16(3)13-14)22-20(25)17(4)23-7-9-24(10-8-23)21(26)18-6-5-11-27-18/h5-6,11-13,17H,7-10H2,1-4H3,(H,22,25)/t17-/m0/s1. The van der Waals surface area contributed by atoms with Gasteiger partial charge in [-0.3, -0.25) is 14.5 Å². The van der Waals surface area contributed by atoms with E-state index >= 15 is 0 Å². The highest BCUT2D eigenvalue weighted by atomic mass is 16.3. The van der Waals surface area contributed by atoms with Crippen molar-refractivity contribution in [3.8, 4) is 0 Å². The second-order valence-electron chi connectivity index (χ2n) is 7.24. The number of nitrogens with one attached hydrogen (secondary N) is 1. The van der Waals surface area contributed by atoms with Crippen LogP contribution in [0.25, 0.3) is 0 Å². The fourth-order valence-corrected chi connectivity index (χ4v) is 3.64. The van der Waals surface area contributed by atoms with Crippen LogP contribution < -0.4 is 5.32 Å². The minimum atomic E-state index is -0.258. The topological polar surface area (TPSA) is 65.8 Å². The van der Waals surface area contributed by atoms with E-state index in [2.05, 4.69) is 29.3 Å². The average Bonchev–Trinajstić information content (AvgIpc) is 3.18. The summed E-state index contributed by atoms with van der Waals surface area (Å²) in [5, 5.41) is 3.08. The van der Waals surface area contributed by atoms with Gasteiger partial charge in [0, 0.05) is 31.9 Å². The number of anilines is 1. The second-order valence-corrected chi connectivity index (χ2v) is 7.24. The monoisotopic (exact) mass is 369 g/mol. The van der Waals surface area contributed by atoms with Crippen LogP contribution in [0.4, 0.5) is 5.69 Å². The number of hydrogen-bond acceptors (Lipinski definition) is 4. The SMILES string of the molecule is Cc1cc(C)c(NC(=O)[C@H](C)N2CCN(C(=O)c3ccco3)CC2)c(C)c1. The Morgan fingerprint density at radius 1 is 1.07 bits per heavy atom. The molecule has 1 fully saturated rings. The number of furan rings is 1. The van der Waals surface area contributed by atoms with Crippen molar-refractivity contribution in [3.63, 3.8) is 0 Å². The van der Waals surface area contributed by atoms with E-state index in [1.54, 1.807) is 17.0 Å². The lowest BCUT2D eigenvalue weighted by Crippen LogP contribution is -2.54. The van der Waals surface area contributed by atoms with E-state index in [1.807, 2.05) is 20.8 Å². The molecule has 1 aromatic heterocycles. The van der Waals surface area contributed by atoms with E-state index in [0.29, 0.717) is 31.9 Å². The minimum absolute atomic E-state index is 0.0177. The largest absolute Gasteiger partial charge is 0.459 e. The number of hydrogen-bond donors (Lipinski definition) is 1. The van der Waals surface area contributed by atoms with Crippen molar-refractivity contribution in [3.05, 3.63) is 53.0 Å². The van der Waals surface area contributed by atoms with Crippen molar-refractivity contribution in [2.75, 3.05) is 31.5 Å². The van der Waals surface area contributed by atoms with Crippen LogP contribution in [0.1, 0.15) is 34.2 Å². The summed E-state index contributed by atoms with van der Waals surface area (Å²) in [4.78, 5) is 29.0. The Morgan fingerprint density at radius 3 is 2.26 bits per heavy atom. The molecule has 0 saturated carbocycles. The maximum atomic E-state index is 12.8. The molecule has 27 heavy (non-hydrogen) atoms. The third kappa shape index (κ3) is 4.22. The van der Waals surface area contributed by atoms with Gasteiger partial charge in [0.15, 0.2) is 5.76 Å². The fraction of sp³-hybridized carbons (Fsp3) is 0.429. The van der Waals surface area contributed by atoms with Gasteiger partial charge < -0.3 is 14.6 Å². The van der Waals surface area contributed by atoms with Crippen LogP contribution >= 0.6 is 0 Å². The maximum absolute atomic E-state index is 12.8. The van der Waals surface area contributed by atoms with Gasteiger partial charge in [-0.1, -0.05) is 17.7 Å². The van der Waals surface area contributed by atoms with E-state index in [1.165, 1.54) is 11.8 Å². The Labute approximate surface area is 160 Å². The summed E-state index contributed by atoms with van der Waals surface area (Å²) in [5.41, 5.74) is 4.22. The van der Waals surface area contributed by atoms with Crippen molar-refractivity contribution >= 4 is 17.5 Å². The summed E-state index contributed by atoms with van der Waals surface area (Å²) in [7, 11) is 0. The molecule has 144 valence electrons. The first-order valence-electron chi connectivity index (χ1n) is 9.32. The number of nitrogens with zero attached hydrogens (tertiary/aromatic N) is 2. The number of amides is 2. The average molecular weight is 369 g/mol. The van der Waals surface area contributed by atoms with Crippen molar-refractivity contribution in [2.45, 2.75) is 33.7 Å². The van der Waals surface area contributed by atoms with Crippen molar-refractivity contribution < 1.29 is 14.0 Å². The van der Waals surface area contributed by atoms with Gasteiger partial charge in [0.05, 0.1) is 12.3 Å². The molecule has 0 bridgehead atoms. The lowest BCUT2D eigenvalue weighted by molar-refractivity contribution is -0.121. The molecule has 1 aliphatic heterocycles. The Bertz CT molecular complexity index is 798. The predicted molar refractivity (Wildman–Crippen MR) is 105 cm³/mol. The van der Waals surface area contributed by atoms with Gasteiger partial charge in [-0.05, 0) is 51.0 Å². The van der Waals surface area contributed by atoms with Crippen LogP contribution in [0.5, 0.6) is 0 Å². The molecule has 1 aliphatic rings. The third-order valence-electron chi connectivity index (χ3n) is 5.19. The van der Waals surface area contributed by atoms with Gasteiger partial charge in [-0.25, -0.2) is 0 Å². The summed E-state index contributed by atoms with van der Waals surface area (Å²) in [6.45, 7) is 10.5. The molecule has 1 saturated heterocycles. The molecule has 0 spiro atoms. The first-order chi connectivity index (χ1) is 12.9. The number of piperazine rings is 1. The summed E-state index contributed by atoms with van der Waals surface area (Å²) in [5.74, 6) is 0.248. The predicted octanol–water partition coefficient (Wildman–Crippen LogP) is 2.99. The molecule has 0 aliphatic carbocycles. The quantitative estimate of drug-likeness (QED) is 0.900. The summed E-state index contributed by atoms with van der Waals surface area (Å²) in [6, 6.07) is 7.28. The molecule has 2 aromatic rings. The van der Waals surface area contributed by atoms with Gasteiger partial charge >= 0.3 is 0 Å². The summed E-state index contributed by atoms with van der Waals surface area (Å²) in [6.07, 6.45) is 1.50. The molecule has 3 rings (SSSR count). The Balaban J connectivity index is 1.58. The number of benzene rings is 1. The number of aryl methyl sites for hydroxylation is 3. The third-order valence-corrected chi connectivity index (χ3v) is 5.19. The zero-order chi connectivity index (χ0) is 19.6. The molecule has 1 N–H and O–H groups in total. The Hall–Kier alpha value is -2.60. The highest BCUT2D eigenvalue weighted by Crippen LogP contribution is 2.22.